The predicted octanol–water partition coefficient (Wildman–Crippen LogP) is 2.86. The number of rotatable bonds is 6. The molecule has 0 aliphatic carbocycles. The summed E-state index contributed by atoms with van der Waals surface area (Å²) in [4.78, 5) is 9.78. The number of methoxy groups -OCH3 is 1. The summed E-state index contributed by atoms with van der Waals surface area (Å²) in [5.41, 5.74) is 1.18. The average Bonchev–Trinajstić information content (AvgIpc) is 3.38. The van der Waals surface area contributed by atoms with Crippen molar-refractivity contribution in [2.75, 3.05) is 51.8 Å². The van der Waals surface area contributed by atoms with Crippen molar-refractivity contribution in [1.82, 2.24) is 9.88 Å². The highest BCUT2D eigenvalue weighted by Crippen LogP contribution is 2.55. The van der Waals surface area contributed by atoms with E-state index in [0.29, 0.717) is 17.9 Å². The average molecular weight is 374 g/mol. The van der Waals surface area contributed by atoms with Gasteiger partial charge >= 0.3 is 0 Å². The molecule has 26 heavy (non-hydrogen) atoms. The van der Waals surface area contributed by atoms with Gasteiger partial charge in [0, 0.05) is 45.1 Å². The van der Waals surface area contributed by atoms with E-state index in [0.717, 1.165) is 43.4 Å². The zero-order valence-electron chi connectivity index (χ0n) is 15.6. The summed E-state index contributed by atoms with van der Waals surface area (Å²) in [6, 6.07) is 8.44. The van der Waals surface area contributed by atoms with Gasteiger partial charge in [0.05, 0.1) is 28.5 Å². The van der Waals surface area contributed by atoms with Gasteiger partial charge in [-0.1, -0.05) is 23.5 Å². The summed E-state index contributed by atoms with van der Waals surface area (Å²) in [6.07, 6.45) is 2.87. The highest BCUT2D eigenvalue weighted by molar-refractivity contribution is 7.22. The molecule has 0 amide bonds. The third kappa shape index (κ3) is 2.66. The van der Waals surface area contributed by atoms with Crippen molar-refractivity contribution in [1.29, 1.82) is 0 Å². The van der Waals surface area contributed by atoms with E-state index in [1.165, 1.54) is 17.5 Å². The van der Waals surface area contributed by atoms with Crippen LogP contribution in [0.2, 0.25) is 0 Å². The van der Waals surface area contributed by atoms with Crippen molar-refractivity contribution < 1.29 is 9.47 Å². The summed E-state index contributed by atoms with van der Waals surface area (Å²) in [5, 5.41) is 1.16. The zero-order chi connectivity index (χ0) is 17.7. The Morgan fingerprint density at radius 1 is 1.42 bits per heavy atom. The van der Waals surface area contributed by atoms with Gasteiger partial charge in [0.2, 0.25) is 0 Å². The van der Waals surface area contributed by atoms with Crippen molar-refractivity contribution in [3.63, 3.8) is 0 Å². The van der Waals surface area contributed by atoms with Gasteiger partial charge in [-0.3, -0.25) is 0 Å². The van der Waals surface area contributed by atoms with Gasteiger partial charge < -0.3 is 19.3 Å². The van der Waals surface area contributed by atoms with Crippen LogP contribution in [0.25, 0.3) is 10.2 Å². The molecule has 3 aliphatic heterocycles. The molecule has 3 fully saturated rings. The molecule has 4 atom stereocenters. The van der Waals surface area contributed by atoms with E-state index in [1.807, 2.05) is 11.3 Å². The lowest BCUT2D eigenvalue weighted by Gasteiger charge is -2.31. The monoisotopic (exact) mass is 373 g/mol. The van der Waals surface area contributed by atoms with E-state index in [9.17, 15) is 0 Å². The fourth-order valence-corrected chi connectivity index (χ4v) is 6.25. The molecule has 5 rings (SSSR count). The fourth-order valence-electron chi connectivity index (χ4n) is 5.27. The van der Waals surface area contributed by atoms with Crippen molar-refractivity contribution in [2.45, 2.75) is 24.5 Å². The maximum atomic E-state index is 6.60. The molecule has 4 heterocycles. The molecular formula is C20H27N3O2S. The van der Waals surface area contributed by atoms with E-state index in [4.69, 9.17) is 14.5 Å². The van der Waals surface area contributed by atoms with Crippen LogP contribution in [0.4, 0.5) is 5.13 Å². The second-order valence-electron chi connectivity index (χ2n) is 8.13. The fraction of sp³-hybridized carbons (Fsp3) is 0.650. The molecule has 1 spiro atoms. The molecule has 0 unspecified atom stereocenters. The van der Waals surface area contributed by atoms with Gasteiger partial charge in [0.15, 0.2) is 5.13 Å². The van der Waals surface area contributed by atoms with Gasteiger partial charge in [-0.05, 0) is 32.0 Å². The van der Waals surface area contributed by atoms with E-state index in [2.05, 4.69) is 41.1 Å². The largest absolute Gasteiger partial charge is 0.383 e. The predicted molar refractivity (Wildman–Crippen MR) is 105 cm³/mol. The first kappa shape index (κ1) is 16.9. The van der Waals surface area contributed by atoms with Crippen LogP contribution in [0.1, 0.15) is 12.8 Å². The van der Waals surface area contributed by atoms with Crippen LogP contribution >= 0.6 is 11.3 Å². The first-order valence-corrected chi connectivity index (χ1v) is 10.5. The number of hydrogen-bond acceptors (Lipinski definition) is 6. The molecular weight excluding hydrogens is 346 g/mol. The van der Waals surface area contributed by atoms with Crippen molar-refractivity contribution in [2.24, 2.45) is 11.8 Å². The maximum Gasteiger partial charge on any atom is 0.186 e. The van der Waals surface area contributed by atoms with Crippen LogP contribution in [0, 0.1) is 11.8 Å². The molecule has 140 valence electrons. The number of likely N-dealkylation sites (N-methyl/N-ethyl adjacent to an activating group) is 1. The van der Waals surface area contributed by atoms with Crippen LogP contribution in [-0.4, -0.2) is 68.5 Å². The molecule has 3 aliphatic rings. The first-order valence-electron chi connectivity index (χ1n) is 9.64. The Morgan fingerprint density at radius 3 is 3.15 bits per heavy atom. The molecule has 2 aromatic rings. The van der Waals surface area contributed by atoms with Gasteiger partial charge in [-0.15, -0.1) is 0 Å². The summed E-state index contributed by atoms with van der Waals surface area (Å²) < 4.78 is 13.1. The Labute approximate surface area is 158 Å². The lowest BCUT2D eigenvalue weighted by atomic mass is 9.73. The van der Waals surface area contributed by atoms with Crippen molar-refractivity contribution >= 4 is 26.7 Å². The molecule has 6 heteroatoms. The molecule has 0 radical (unpaired) electrons. The topological polar surface area (TPSA) is 37.8 Å². The number of hydrogen-bond donors (Lipinski definition) is 0. The minimum absolute atomic E-state index is 0.0648. The second-order valence-corrected chi connectivity index (χ2v) is 9.14. The van der Waals surface area contributed by atoms with Crippen LogP contribution in [0.5, 0.6) is 0 Å². The SMILES string of the molecule is COCCN(C)C[C@H]1[C@H]2CN(c3nc4ccccc4s3)C[C@]23CC[C@H]1O3. The Hall–Kier alpha value is -1.21. The Kier molecular flexibility index (Phi) is 4.20. The lowest BCUT2D eigenvalue weighted by Crippen LogP contribution is -2.41. The smallest absolute Gasteiger partial charge is 0.186 e. The number of benzene rings is 1. The third-order valence-electron chi connectivity index (χ3n) is 6.54. The number of nitrogens with zero attached hydrogens (tertiary/aromatic N) is 3. The maximum absolute atomic E-state index is 6.60. The Bertz CT molecular complexity index is 763. The second kappa shape index (κ2) is 6.44. The lowest BCUT2D eigenvalue weighted by molar-refractivity contribution is 0.0134. The number of ether oxygens (including phenoxy) is 2. The summed E-state index contributed by atoms with van der Waals surface area (Å²) in [6.45, 7) is 4.98. The first-order chi connectivity index (χ1) is 12.7. The van der Waals surface area contributed by atoms with Gasteiger partial charge in [-0.25, -0.2) is 4.98 Å². The summed E-state index contributed by atoms with van der Waals surface area (Å²) in [5.74, 6) is 1.25. The molecule has 1 aromatic heterocycles. The van der Waals surface area contributed by atoms with Crippen LogP contribution in [0.3, 0.4) is 0 Å². The Balaban J connectivity index is 1.35. The van der Waals surface area contributed by atoms with Crippen molar-refractivity contribution in [3.05, 3.63) is 24.3 Å². The van der Waals surface area contributed by atoms with Gasteiger partial charge in [0.25, 0.3) is 0 Å². The van der Waals surface area contributed by atoms with E-state index in [-0.39, 0.29) is 5.60 Å². The zero-order valence-corrected chi connectivity index (χ0v) is 16.4. The van der Waals surface area contributed by atoms with Gasteiger partial charge in [0.1, 0.15) is 0 Å². The molecule has 1 aromatic carbocycles. The van der Waals surface area contributed by atoms with Crippen LogP contribution < -0.4 is 4.90 Å². The van der Waals surface area contributed by atoms with Crippen molar-refractivity contribution in [3.8, 4) is 0 Å². The Morgan fingerprint density at radius 2 is 2.31 bits per heavy atom. The molecule has 2 bridgehead atoms. The minimum atomic E-state index is 0.0648. The summed E-state index contributed by atoms with van der Waals surface area (Å²) >= 11 is 1.81. The molecule has 0 saturated carbocycles. The minimum Gasteiger partial charge on any atom is -0.383 e. The number of fused-ring (bicyclic) bond motifs is 2. The third-order valence-corrected chi connectivity index (χ3v) is 7.63. The normalized spacial score (nSPS) is 32.9. The standard InChI is InChI=1S/C20H27N3O2S/c1-22(9-10-24-2)11-14-15-12-23(13-20(15)8-7-17(14)25-20)19-21-16-5-3-4-6-18(16)26-19/h3-6,14-15,17H,7-13H2,1-2H3/t14-,15+,17+,20+/m0/s1. The van der Waals surface area contributed by atoms with Crippen LogP contribution in [0.15, 0.2) is 24.3 Å². The van der Waals surface area contributed by atoms with E-state index < -0.39 is 0 Å². The summed E-state index contributed by atoms with van der Waals surface area (Å²) in [7, 11) is 3.98. The quantitative estimate of drug-likeness (QED) is 0.778. The highest BCUT2D eigenvalue weighted by Gasteiger charge is 2.63. The molecule has 5 nitrogen and oxygen atoms in total. The number of thiazole rings is 1. The number of anilines is 1. The van der Waals surface area contributed by atoms with Crippen LogP contribution in [-0.2, 0) is 9.47 Å². The highest BCUT2D eigenvalue weighted by atomic mass is 32.1. The molecule has 3 saturated heterocycles. The van der Waals surface area contributed by atoms with Gasteiger partial charge in [-0.2, -0.15) is 0 Å². The number of aromatic nitrogens is 1. The van der Waals surface area contributed by atoms with E-state index >= 15 is 0 Å². The number of para-hydroxylation sites is 1. The molecule has 0 N–H and O–H groups in total. The van der Waals surface area contributed by atoms with E-state index in [1.54, 1.807) is 7.11 Å².